The first-order valence-electron chi connectivity index (χ1n) is 6.07. The summed E-state index contributed by atoms with van der Waals surface area (Å²) in [5.41, 5.74) is 0.877. The fraction of sp³-hybridized carbons (Fsp3) is 0.500. The van der Waals surface area contributed by atoms with Crippen molar-refractivity contribution in [3.63, 3.8) is 0 Å². The van der Waals surface area contributed by atoms with Crippen molar-refractivity contribution in [3.8, 4) is 5.75 Å². The van der Waals surface area contributed by atoms with Gasteiger partial charge < -0.3 is 19.3 Å². The third-order valence-electron chi connectivity index (χ3n) is 3.31. The number of benzene rings is 1. The number of carboxylic acids is 1. The average molecular weight is 266 g/mol. The van der Waals surface area contributed by atoms with Crippen molar-refractivity contribution in [3.05, 3.63) is 29.3 Å². The monoisotopic (exact) mass is 266 g/mol. The van der Waals surface area contributed by atoms with Crippen molar-refractivity contribution in [2.75, 3.05) is 20.3 Å². The molecular weight excluding hydrogens is 248 g/mol. The van der Waals surface area contributed by atoms with Gasteiger partial charge in [-0.05, 0) is 31.5 Å². The van der Waals surface area contributed by atoms with Crippen molar-refractivity contribution in [2.45, 2.75) is 20.1 Å². The maximum absolute atomic E-state index is 11.1. The molecule has 19 heavy (non-hydrogen) atoms. The second-order valence-electron chi connectivity index (χ2n) is 5.05. The largest absolute Gasteiger partial charge is 0.496 e. The van der Waals surface area contributed by atoms with Gasteiger partial charge in [-0.2, -0.15) is 0 Å². The van der Waals surface area contributed by atoms with Gasteiger partial charge in [0.25, 0.3) is 0 Å². The quantitative estimate of drug-likeness (QED) is 0.908. The van der Waals surface area contributed by atoms with Crippen LogP contribution in [0.4, 0.5) is 0 Å². The Morgan fingerprint density at radius 3 is 2.53 bits per heavy atom. The molecular formula is C14H18O5. The molecule has 104 valence electrons. The standard InChI is InChI=1S/C14H18O5/c1-9-6-10(4-5-11(9)17-3)12-18-7-14(2,8-19-12)13(15)16/h4-6,12H,7-8H2,1-3H3,(H,15,16). The van der Waals surface area contributed by atoms with Crippen LogP contribution in [-0.4, -0.2) is 31.4 Å². The minimum absolute atomic E-state index is 0.137. The lowest BCUT2D eigenvalue weighted by molar-refractivity contribution is -0.234. The molecule has 0 radical (unpaired) electrons. The Morgan fingerprint density at radius 1 is 1.42 bits per heavy atom. The lowest BCUT2D eigenvalue weighted by atomic mass is 9.92. The predicted octanol–water partition coefficient (Wildman–Crippen LogP) is 2.14. The van der Waals surface area contributed by atoms with Gasteiger partial charge in [0.15, 0.2) is 6.29 Å². The minimum Gasteiger partial charge on any atom is -0.496 e. The highest BCUT2D eigenvalue weighted by Gasteiger charge is 2.39. The maximum Gasteiger partial charge on any atom is 0.314 e. The number of carbonyl (C=O) groups is 1. The van der Waals surface area contributed by atoms with E-state index in [9.17, 15) is 4.79 Å². The fourth-order valence-electron chi connectivity index (χ4n) is 1.97. The Morgan fingerprint density at radius 2 is 2.05 bits per heavy atom. The summed E-state index contributed by atoms with van der Waals surface area (Å²) in [5.74, 6) is -0.105. The highest BCUT2D eigenvalue weighted by atomic mass is 16.7. The molecule has 0 saturated carbocycles. The fourth-order valence-corrected chi connectivity index (χ4v) is 1.97. The molecule has 0 aliphatic carbocycles. The number of ether oxygens (including phenoxy) is 3. The van der Waals surface area contributed by atoms with Crippen molar-refractivity contribution >= 4 is 5.97 Å². The third kappa shape index (κ3) is 2.72. The van der Waals surface area contributed by atoms with Gasteiger partial charge in [0.1, 0.15) is 11.2 Å². The number of carboxylic acid groups (broad SMARTS) is 1. The van der Waals surface area contributed by atoms with Crippen molar-refractivity contribution in [1.82, 2.24) is 0 Å². The van der Waals surface area contributed by atoms with Crippen molar-refractivity contribution in [2.24, 2.45) is 5.41 Å². The lowest BCUT2D eigenvalue weighted by Gasteiger charge is -2.34. The third-order valence-corrected chi connectivity index (χ3v) is 3.31. The van der Waals surface area contributed by atoms with E-state index in [0.29, 0.717) is 0 Å². The highest BCUT2D eigenvalue weighted by Crippen LogP contribution is 2.33. The maximum atomic E-state index is 11.1. The van der Waals surface area contributed by atoms with E-state index in [2.05, 4.69) is 0 Å². The van der Waals surface area contributed by atoms with Gasteiger partial charge in [0, 0.05) is 5.56 Å². The second-order valence-corrected chi connectivity index (χ2v) is 5.05. The molecule has 1 aliphatic heterocycles. The number of hydrogen-bond acceptors (Lipinski definition) is 4. The van der Waals surface area contributed by atoms with Gasteiger partial charge in [0.2, 0.25) is 0 Å². The SMILES string of the molecule is COc1ccc(C2OCC(C)(C(=O)O)CO2)cc1C. The van der Waals surface area contributed by atoms with Crippen LogP contribution in [0.1, 0.15) is 24.3 Å². The Bertz CT molecular complexity index is 475. The second kappa shape index (κ2) is 5.19. The normalized spacial score (nSPS) is 27.0. The Balaban J connectivity index is 2.10. The first kappa shape index (κ1) is 13.8. The molecule has 0 aromatic heterocycles. The smallest absolute Gasteiger partial charge is 0.314 e. The zero-order valence-electron chi connectivity index (χ0n) is 11.3. The number of methoxy groups -OCH3 is 1. The molecule has 1 saturated heterocycles. The molecule has 0 bridgehead atoms. The summed E-state index contributed by atoms with van der Waals surface area (Å²) in [6.45, 7) is 3.83. The first-order valence-corrected chi connectivity index (χ1v) is 6.07. The van der Waals surface area contributed by atoms with Gasteiger partial charge in [0.05, 0.1) is 20.3 Å². The molecule has 5 heteroatoms. The van der Waals surface area contributed by atoms with E-state index < -0.39 is 17.7 Å². The topological polar surface area (TPSA) is 65.0 Å². The number of rotatable bonds is 3. The summed E-state index contributed by atoms with van der Waals surface area (Å²) in [6, 6.07) is 5.63. The predicted molar refractivity (Wildman–Crippen MR) is 68.1 cm³/mol. The molecule has 1 aromatic carbocycles. The summed E-state index contributed by atoms with van der Waals surface area (Å²) in [4.78, 5) is 11.1. The summed E-state index contributed by atoms with van der Waals surface area (Å²) in [7, 11) is 1.62. The van der Waals surface area contributed by atoms with Crippen LogP contribution < -0.4 is 4.74 Å². The van der Waals surface area contributed by atoms with E-state index in [1.54, 1.807) is 14.0 Å². The van der Waals surface area contributed by atoms with Crippen LogP contribution in [0.3, 0.4) is 0 Å². The molecule has 1 fully saturated rings. The number of aliphatic carboxylic acids is 1. The average Bonchev–Trinajstić information content (AvgIpc) is 2.39. The van der Waals surface area contributed by atoms with Crippen LogP contribution >= 0.6 is 0 Å². The van der Waals surface area contributed by atoms with E-state index in [0.717, 1.165) is 16.9 Å². The van der Waals surface area contributed by atoms with Gasteiger partial charge in [-0.3, -0.25) is 4.79 Å². The van der Waals surface area contributed by atoms with Crippen LogP contribution in [0.15, 0.2) is 18.2 Å². The lowest BCUT2D eigenvalue weighted by Crippen LogP contribution is -2.42. The Kier molecular flexibility index (Phi) is 3.78. The van der Waals surface area contributed by atoms with Crippen LogP contribution in [0.25, 0.3) is 0 Å². The van der Waals surface area contributed by atoms with Crippen molar-refractivity contribution in [1.29, 1.82) is 0 Å². The van der Waals surface area contributed by atoms with Crippen LogP contribution in [0.2, 0.25) is 0 Å². The van der Waals surface area contributed by atoms with Crippen LogP contribution in [0, 0.1) is 12.3 Å². The van der Waals surface area contributed by atoms with E-state index in [1.807, 2.05) is 25.1 Å². The van der Waals surface area contributed by atoms with E-state index >= 15 is 0 Å². The number of hydrogen-bond donors (Lipinski definition) is 1. The molecule has 5 nitrogen and oxygen atoms in total. The Hall–Kier alpha value is -1.59. The van der Waals surface area contributed by atoms with Gasteiger partial charge in [-0.25, -0.2) is 0 Å². The molecule has 1 aliphatic rings. The molecule has 1 aromatic rings. The highest BCUT2D eigenvalue weighted by molar-refractivity contribution is 5.74. The molecule has 0 unspecified atom stereocenters. The molecule has 0 amide bonds. The molecule has 0 atom stereocenters. The summed E-state index contributed by atoms with van der Waals surface area (Å²) < 4.78 is 16.2. The van der Waals surface area contributed by atoms with Gasteiger partial charge in [-0.15, -0.1) is 0 Å². The zero-order chi connectivity index (χ0) is 14.0. The Labute approximate surface area is 112 Å². The minimum atomic E-state index is -0.974. The van der Waals surface area contributed by atoms with Crippen LogP contribution in [-0.2, 0) is 14.3 Å². The molecule has 1 heterocycles. The van der Waals surface area contributed by atoms with Gasteiger partial charge in [-0.1, -0.05) is 6.07 Å². The van der Waals surface area contributed by atoms with Crippen molar-refractivity contribution < 1.29 is 24.1 Å². The summed E-state index contributed by atoms with van der Waals surface area (Å²) in [5, 5.41) is 9.09. The van der Waals surface area contributed by atoms with Crippen LogP contribution in [0.5, 0.6) is 5.75 Å². The summed E-state index contributed by atoms with van der Waals surface area (Å²) in [6.07, 6.45) is -0.517. The molecule has 2 rings (SSSR count). The number of aryl methyl sites for hydroxylation is 1. The summed E-state index contributed by atoms with van der Waals surface area (Å²) >= 11 is 0. The first-order chi connectivity index (χ1) is 8.96. The zero-order valence-corrected chi connectivity index (χ0v) is 11.3. The van der Waals surface area contributed by atoms with Gasteiger partial charge >= 0.3 is 5.97 Å². The molecule has 1 N–H and O–H groups in total. The molecule has 0 spiro atoms. The van der Waals surface area contributed by atoms with E-state index in [1.165, 1.54) is 0 Å². The van der Waals surface area contributed by atoms with E-state index in [-0.39, 0.29) is 13.2 Å². The van der Waals surface area contributed by atoms with E-state index in [4.69, 9.17) is 19.3 Å².